The number of aliphatic hydroxyl groups is 1. The summed E-state index contributed by atoms with van der Waals surface area (Å²) < 4.78 is 10.3. The maximum Gasteiger partial charge on any atom is 0.231 e. The SMILES string of the molecule is NCCC(O)c1c(O)ccc2c1OCO2. The van der Waals surface area contributed by atoms with Crippen LogP contribution in [0, 0.1) is 0 Å². The summed E-state index contributed by atoms with van der Waals surface area (Å²) in [6.45, 7) is 0.451. The molecule has 0 aliphatic carbocycles. The Kier molecular flexibility index (Phi) is 2.66. The molecule has 4 N–H and O–H groups in total. The van der Waals surface area contributed by atoms with Crippen LogP contribution in [0.5, 0.6) is 17.2 Å². The van der Waals surface area contributed by atoms with E-state index in [2.05, 4.69) is 0 Å². The molecule has 0 amide bonds. The van der Waals surface area contributed by atoms with Crippen molar-refractivity contribution in [1.82, 2.24) is 0 Å². The summed E-state index contributed by atoms with van der Waals surface area (Å²) >= 11 is 0. The topological polar surface area (TPSA) is 84.9 Å². The second-order valence-corrected chi connectivity index (χ2v) is 3.33. The predicted octanol–water partition coefficient (Wildman–Crippen LogP) is 0.503. The first-order valence-corrected chi connectivity index (χ1v) is 4.73. The van der Waals surface area contributed by atoms with Gasteiger partial charge in [0.25, 0.3) is 0 Å². The molecule has 5 nitrogen and oxygen atoms in total. The van der Waals surface area contributed by atoms with Gasteiger partial charge < -0.3 is 25.4 Å². The molecular formula is C10H13NO4. The Balaban J connectivity index is 2.40. The minimum atomic E-state index is -0.827. The van der Waals surface area contributed by atoms with Crippen molar-refractivity contribution in [2.45, 2.75) is 12.5 Å². The maximum atomic E-state index is 9.79. The van der Waals surface area contributed by atoms with E-state index in [1.54, 1.807) is 6.07 Å². The molecule has 1 aromatic carbocycles. The number of phenols is 1. The first-order chi connectivity index (χ1) is 7.24. The summed E-state index contributed by atoms with van der Waals surface area (Å²) in [6, 6.07) is 3.08. The van der Waals surface area contributed by atoms with E-state index in [-0.39, 0.29) is 12.5 Å². The molecule has 0 bridgehead atoms. The second kappa shape index (κ2) is 3.96. The summed E-state index contributed by atoms with van der Waals surface area (Å²) in [5, 5.41) is 19.4. The average molecular weight is 211 g/mol. The first-order valence-electron chi connectivity index (χ1n) is 4.73. The smallest absolute Gasteiger partial charge is 0.231 e. The zero-order valence-corrected chi connectivity index (χ0v) is 8.14. The molecule has 1 aliphatic heterocycles. The summed E-state index contributed by atoms with van der Waals surface area (Å²) in [5.41, 5.74) is 5.71. The van der Waals surface area contributed by atoms with Crippen molar-refractivity contribution in [3.05, 3.63) is 17.7 Å². The molecule has 0 radical (unpaired) electrons. The molecule has 1 heterocycles. The Hall–Kier alpha value is -1.46. The third kappa shape index (κ3) is 1.71. The lowest BCUT2D eigenvalue weighted by Gasteiger charge is -2.13. The number of rotatable bonds is 3. The van der Waals surface area contributed by atoms with Gasteiger partial charge in [-0.1, -0.05) is 0 Å². The molecule has 5 heteroatoms. The quantitative estimate of drug-likeness (QED) is 0.678. The standard InChI is InChI=1S/C10H13NO4/c11-4-3-7(13)9-6(12)1-2-8-10(9)15-5-14-8/h1-2,7,12-13H,3-5,11H2. The summed E-state index contributed by atoms with van der Waals surface area (Å²) in [5.74, 6) is 0.954. The Morgan fingerprint density at radius 1 is 1.40 bits per heavy atom. The predicted molar refractivity (Wildman–Crippen MR) is 52.9 cm³/mol. The van der Waals surface area contributed by atoms with Gasteiger partial charge in [-0.05, 0) is 25.1 Å². The van der Waals surface area contributed by atoms with Gasteiger partial charge in [0.15, 0.2) is 11.5 Å². The Morgan fingerprint density at radius 3 is 2.93 bits per heavy atom. The van der Waals surface area contributed by atoms with Crippen LogP contribution in [-0.4, -0.2) is 23.6 Å². The number of nitrogens with two attached hydrogens (primary N) is 1. The molecule has 82 valence electrons. The van der Waals surface area contributed by atoms with Gasteiger partial charge >= 0.3 is 0 Å². The largest absolute Gasteiger partial charge is 0.507 e. The highest BCUT2D eigenvalue weighted by Gasteiger charge is 2.25. The number of fused-ring (bicyclic) bond motifs is 1. The van der Waals surface area contributed by atoms with Crippen molar-refractivity contribution in [3.8, 4) is 17.2 Å². The lowest BCUT2D eigenvalue weighted by Crippen LogP contribution is -2.07. The number of hydrogen-bond acceptors (Lipinski definition) is 5. The monoisotopic (exact) mass is 211 g/mol. The van der Waals surface area contributed by atoms with Gasteiger partial charge in [0, 0.05) is 0 Å². The second-order valence-electron chi connectivity index (χ2n) is 3.33. The van der Waals surface area contributed by atoms with Crippen molar-refractivity contribution in [3.63, 3.8) is 0 Å². The first kappa shape index (κ1) is 10.1. The van der Waals surface area contributed by atoms with E-state index in [1.165, 1.54) is 6.07 Å². The molecule has 1 unspecified atom stereocenters. The number of hydrogen-bond donors (Lipinski definition) is 3. The van der Waals surface area contributed by atoms with Crippen LogP contribution in [0.1, 0.15) is 18.1 Å². The van der Waals surface area contributed by atoms with Crippen LogP contribution in [0.2, 0.25) is 0 Å². The Labute approximate surface area is 87.0 Å². The molecule has 1 aromatic rings. The van der Waals surface area contributed by atoms with E-state index < -0.39 is 6.10 Å². The van der Waals surface area contributed by atoms with Crippen LogP contribution < -0.4 is 15.2 Å². The minimum absolute atomic E-state index is 0.000185. The van der Waals surface area contributed by atoms with Crippen LogP contribution in [0.3, 0.4) is 0 Å². The highest BCUT2D eigenvalue weighted by atomic mass is 16.7. The highest BCUT2D eigenvalue weighted by Crippen LogP contribution is 2.44. The van der Waals surface area contributed by atoms with E-state index in [0.717, 1.165) is 0 Å². The Bertz CT molecular complexity index is 367. The van der Waals surface area contributed by atoms with E-state index in [0.29, 0.717) is 30.0 Å². The van der Waals surface area contributed by atoms with Crippen LogP contribution in [0.4, 0.5) is 0 Å². The lowest BCUT2D eigenvalue weighted by molar-refractivity contribution is 0.151. The molecule has 15 heavy (non-hydrogen) atoms. The van der Waals surface area contributed by atoms with Gasteiger partial charge in [-0.25, -0.2) is 0 Å². The van der Waals surface area contributed by atoms with Crippen molar-refractivity contribution in [2.75, 3.05) is 13.3 Å². The van der Waals surface area contributed by atoms with Gasteiger partial charge in [-0.3, -0.25) is 0 Å². The van der Waals surface area contributed by atoms with Crippen LogP contribution in [0.25, 0.3) is 0 Å². The average Bonchev–Trinajstić information content (AvgIpc) is 2.65. The number of aromatic hydroxyl groups is 1. The van der Waals surface area contributed by atoms with Crippen LogP contribution in [0.15, 0.2) is 12.1 Å². The maximum absolute atomic E-state index is 9.79. The van der Waals surface area contributed by atoms with Crippen molar-refractivity contribution < 1.29 is 19.7 Å². The Morgan fingerprint density at radius 2 is 2.20 bits per heavy atom. The van der Waals surface area contributed by atoms with E-state index >= 15 is 0 Å². The van der Waals surface area contributed by atoms with Crippen molar-refractivity contribution in [1.29, 1.82) is 0 Å². The van der Waals surface area contributed by atoms with Gasteiger partial charge in [-0.15, -0.1) is 0 Å². The highest BCUT2D eigenvalue weighted by molar-refractivity contribution is 5.55. The molecule has 1 atom stereocenters. The molecule has 2 rings (SSSR count). The number of benzene rings is 1. The fourth-order valence-electron chi connectivity index (χ4n) is 1.61. The number of phenolic OH excluding ortho intramolecular Hbond substituents is 1. The molecule has 0 saturated heterocycles. The third-order valence-corrected chi connectivity index (χ3v) is 2.33. The number of aliphatic hydroxyl groups excluding tert-OH is 1. The fraction of sp³-hybridized carbons (Fsp3) is 0.400. The number of ether oxygens (including phenoxy) is 2. The normalized spacial score (nSPS) is 15.3. The van der Waals surface area contributed by atoms with Crippen molar-refractivity contribution in [2.24, 2.45) is 5.73 Å². The van der Waals surface area contributed by atoms with Gasteiger partial charge in [-0.2, -0.15) is 0 Å². The molecule has 0 spiro atoms. The van der Waals surface area contributed by atoms with Crippen LogP contribution >= 0.6 is 0 Å². The van der Waals surface area contributed by atoms with E-state index in [4.69, 9.17) is 15.2 Å². The summed E-state index contributed by atoms with van der Waals surface area (Å²) in [7, 11) is 0. The molecular weight excluding hydrogens is 198 g/mol. The van der Waals surface area contributed by atoms with E-state index in [9.17, 15) is 10.2 Å². The molecule has 0 saturated carbocycles. The minimum Gasteiger partial charge on any atom is -0.507 e. The lowest BCUT2D eigenvalue weighted by atomic mass is 10.0. The third-order valence-electron chi connectivity index (χ3n) is 2.33. The van der Waals surface area contributed by atoms with E-state index in [1.807, 2.05) is 0 Å². The fourth-order valence-corrected chi connectivity index (χ4v) is 1.61. The van der Waals surface area contributed by atoms with Gasteiger partial charge in [0.1, 0.15) is 5.75 Å². The van der Waals surface area contributed by atoms with Gasteiger partial charge in [0.05, 0.1) is 11.7 Å². The van der Waals surface area contributed by atoms with Gasteiger partial charge in [0.2, 0.25) is 6.79 Å². The zero-order chi connectivity index (χ0) is 10.8. The molecule has 0 fully saturated rings. The molecule has 1 aliphatic rings. The molecule has 0 aromatic heterocycles. The summed E-state index contributed by atoms with van der Waals surface area (Å²) in [6.07, 6.45) is -0.459. The van der Waals surface area contributed by atoms with Crippen LogP contribution in [-0.2, 0) is 0 Å². The van der Waals surface area contributed by atoms with Crippen molar-refractivity contribution >= 4 is 0 Å². The zero-order valence-electron chi connectivity index (χ0n) is 8.14. The summed E-state index contributed by atoms with van der Waals surface area (Å²) in [4.78, 5) is 0.